The van der Waals surface area contributed by atoms with Gasteiger partial charge >= 0.3 is 10.1 Å². The molecule has 0 bridgehead atoms. The van der Waals surface area contributed by atoms with Gasteiger partial charge in [-0.25, -0.2) is 0 Å². The molecular formula is C9H13NO6S2. The molecule has 0 fully saturated rings. The second kappa shape index (κ2) is 5.48. The van der Waals surface area contributed by atoms with Gasteiger partial charge in [0.2, 0.25) is 0 Å². The standard InChI is InChI=1S/C9H10O6S2.H3N/c1-7(2)15-17(13,14)9-5-3-8(4-6-9)16(10,11)12;/h3-6H,1H2,2H3,(H,10,11,12);1H3. The van der Waals surface area contributed by atoms with Crippen molar-refractivity contribution < 1.29 is 25.6 Å². The summed E-state index contributed by atoms with van der Waals surface area (Å²) in [7, 11) is -8.34. The third-order valence-electron chi connectivity index (χ3n) is 1.66. The summed E-state index contributed by atoms with van der Waals surface area (Å²) < 4.78 is 57.7. The van der Waals surface area contributed by atoms with Crippen LogP contribution in [0, 0.1) is 0 Å². The fourth-order valence-electron chi connectivity index (χ4n) is 1.01. The zero-order valence-electron chi connectivity index (χ0n) is 9.53. The van der Waals surface area contributed by atoms with Gasteiger partial charge in [0.25, 0.3) is 10.1 Å². The maximum atomic E-state index is 11.5. The van der Waals surface area contributed by atoms with Crippen molar-refractivity contribution in [3.63, 3.8) is 0 Å². The molecule has 0 saturated carbocycles. The Labute approximate surface area is 106 Å². The van der Waals surface area contributed by atoms with Crippen molar-refractivity contribution >= 4 is 20.2 Å². The molecule has 0 aliphatic heterocycles. The van der Waals surface area contributed by atoms with Crippen molar-refractivity contribution in [2.24, 2.45) is 0 Å². The average Bonchev–Trinajstić information content (AvgIpc) is 2.14. The van der Waals surface area contributed by atoms with Crippen LogP contribution in [0.4, 0.5) is 0 Å². The predicted octanol–water partition coefficient (Wildman–Crippen LogP) is 1.33. The Kier molecular flexibility index (Phi) is 5.05. The molecule has 0 aliphatic rings. The van der Waals surface area contributed by atoms with Crippen molar-refractivity contribution in [1.82, 2.24) is 6.15 Å². The molecule has 0 unspecified atom stereocenters. The highest BCUT2D eigenvalue weighted by Crippen LogP contribution is 2.17. The number of hydrogen-bond donors (Lipinski definition) is 2. The van der Waals surface area contributed by atoms with Crippen LogP contribution in [0.25, 0.3) is 0 Å². The quantitative estimate of drug-likeness (QED) is 0.486. The highest BCUT2D eigenvalue weighted by atomic mass is 32.2. The first-order valence-electron chi connectivity index (χ1n) is 4.30. The van der Waals surface area contributed by atoms with Crippen LogP contribution in [-0.4, -0.2) is 21.4 Å². The van der Waals surface area contributed by atoms with Crippen molar-refractivity contribution in [3.8, 4) is 0 Å². The number of hydrogen-bond acceptors (Lipinski definition) is 6. The minimum absolute atomic E-state index is 0. The summed E-state index contributed by atoms with van der Waals surface area (Å²) in [6.45, 7) is 4.65. The molecule has 1 aromatic rings. The molecule has 1 rings (SSSR count). The molecule has 7 nitrogen and oxygen atoms in total. The van der Waals surface area contributed by atoms with E-state index in [1.54, 1.807) is 0 Å². The van der Waals surface area contributed by atoms with Crippen molar-refractivity contribution in [1.29, 1.82) is 0 Å². The number of rotatable bonds is 4. The molecule has 9 heteroatoms. The van der Waals surface area contributed by atoms with E-state index in [0.717, 1.165) is 24.3 Å². The normalized spacial score (nSPS) is 11.4. The van der Waals surface area contributed by atoms with Crippen LogP contribution in [-0.2, 0) is 24.4 Å². The molecule has 102 valence electrons. The van der Waals surface area contributed by atoms with Crippen LogP contribution in [0.15, 0.2) is 46.4 Å². The van der Waals surface area contributed by atoms with Gasteiger partial charge in [0.15, 0.2) is 0 Å². The monoisotopic (exact) mass is 295 g/mol. The van der Waals surface area contributed by atoms with Crippen LogP contribution in [0.2, 0.25) is 0 Å². The highest BCUT2D eigenvalue weighted by Gasteiger charge is 2.17. The summed E-state index contributed by atoms with van der Waals surface area (Å²) in [5.74, 6) is -0.0103. The van der Waals surface area contributed by atoms with E-state index in [0.29, 0.717) is 0 Å². The van der Waals surface area contributed by atoms with Crippen LogP contribution in [0.3, 0.4) is 0 Å². The zero-order valence-corrected chi connectivity index (χ0v) is 11.2. The summed E-state index contributed by atoms with van der Waals surface area (Å²) >= 11 is 0. The third-order valence-corrected chi connectivity index (χ3v) is 3.88. The molecular weight excluding hydrogens is 282 g/mol. The van der Waals surface area contributed by atoms with E-state index in [9.17, 15) is 16.8 Å². The van der Waals surface area contributed by atoms with E-state index >= 15 is 0 Å². The second-order valence-electron chi connectivity index (χ2n) is 3.19. The molecule has 18 heavy (non-hydrogen) atoms. The van der Waals surface area contributed by atoms with Gasteiger partial charge in [0.1, 0.15) is 10.7 Å². The lowest BCUT2D eigenvalue weighted by molar-refractivity contribution is 0.410. The summed E-state index contributed by atoms with van der Waals surface area (Å²) in [6.07, 6.45) is 0. The highest BCUT2D eigenvalue weighted by molar-refractivity contribution is 7.87. The van der Waals surface area contributed by atoms with Gasteiger partial charge < -0.3 is 10.3 Å². The molecule has 0 spiro atoms. The summed E-state index contributed by atoms with van der Waals surface area (Å²) in [6, 6.07) is 3.96. The molecule has 0 amide bonds. The van der Waals surface area contributed by atoms with Gasteiger partial charge in [0.05, 0.1) is 4.90 Å². The fraction of sp³-hybridized carbons (Fsp3) is 0.111. The minimum Gasteiger partial charge on any atom is -0.384 e. The second-order valence-corrected chi connectivity index (χ2v) is 6.15. The Morgan fingerprint density at radius 2 is 1.50 bits per heavy atom. The number of benzene rings is 1. The Hall–Kier alpha value is -1.42. The Morgan fingerprint density at radius 1 is 1.11 bits per heavy atom. The maximum absolute atomic E-state index is 11.5. The molecule has 0 atom stereocenters. The molecule has 4 N–H and O–H groups in total. The lowest BCUT2D eigenvalue weighted by Crippen LogP contribution is -2.05. The summed E-state index contributed by atoms with van der Waals surface area (Å²) in [5, 5.41) is 0. The fourth-order valence-corrected chi connectivity index (χ4v) is 2.43. The zero-order chi connectivity index (χ0) is 13.3. The first-order chi connectivity index (χ1) is 7.63. The lowest BCUT2D eigenvalue weighted by atomic mass is 10.4. The molecule has 0 radical (unpaired) electrons. The van der Waals surface area contributed by atoms with Crippen LogP contribution in [0.5, 0.6) is 0 Å². The van der Waals surface area contributed by atoms with Crippen LogP contribution in [0.1, 0.15) is 6.92 Å². The summed E-state index contributed by atoms with van der Waals surface area (Å²) in [4.78, 5) is -0.625. The first kappa shape index (κ1) is 16.6. The number of allylic oxidation sites excluding steroid dienone is 1. The van der Waals surface area contributed by atoms with E-state index < -0.39 is 25.1 Å². The molecule has 0 saturated heterocycles. The minimum atomic E-state index is -4.34. The van der Waals surface area contributed by atoms with Gasteiger partial charge in [0, 0.05) is 0 Å². The van der Waals surface area contributed by atoms with E-state index in [2.05, 4.69) is 10.8 Å². The topological polar surface area (TPSA) is 133 Å². The van der Waals surface area contributed by atoms with Crippen molar-refractivity contribution in [3.05, 3.63) is 36.6 Å². The SMILES string of the molecule is C=C(C)OS(=O)(=O)c1ccc(S(=O)(=O)O)cc1.N. The van der Waals surface area contributed by atoms with Crippen molar-refractivity contribution in [2.75, 3.05) is 0 Å². The van der Waals surface area contributed by atoms with E-state index in [1.165, 1.54) is 6.92 Å². The van der Waals surface area contributed by atoms with Crippen molar-refractivity contribution in [2.45, 2.75) is 16.7 Å². The van der Waals surface area contributed by atoms with E-state index in [4.69, 9.17) is 4.55 Å². The summed E-state index contributed by atoms with van der Waals surface area (Å²) in [5.41, 5.74) is 0. The molecule has 1 aromatic carbocycles. The predicted molar refractivity (Wildman–Crippen MR) is 64.4 cm³/mol. The lowest BCUT2D eigenvalue weighted by Gasteiger charge is -2.06. The molecule has 0 heterocycles. The van der Waals surface area contributed by atoms with Gasteiger partial charge in [-0.3, -0.25) is 4.55 Å². The van der Waals surface area contributed by atoms with Gasteiger partial charge in [-0.1, -0.05) is 6.58 Å². The average molecular weight is 295 g/mol. The Morgan fingerprint density at radius 3 is 1.83 bits per heavy atom. The molecule has 0 aliphatic carbocycles. The Bertz CT molecular complexity index is 630. The third kappa shape index (κ3) is 4.11. The van der Waals surface area contributed by atoms with Gasteiger partial charge in [-0.2, -0.15) is 16.8 Å². The maximum Gasteiger partial charge on any atom is 0.338 e. The smallest absolute Gasteiger partial charge is 0.338 e. The Balaban J connectivity index is 0.00000289. The first-order valence-corrected chi connectivity index (χ1v) is 7.15. The van der Waals surface area contributed by atoms with Gasteiger partial charge in [-0.15, -0.1) is 0 Å². The van der Waals surface area contributed by atoms with E-state index in [-0.39, 0.29) is 16.8 Å². The van der Waals surface area contributed by atoms with Gasteiger partial charge in [-0.05, 0) is 31.2 Å². The molecule has 0 aromatic heterocycles. The van der Waals surface area contributed by atoms with Crippen LogP contribution >= 0.6 is 0 Å². The van der Waals surface area contributed by atoms with E-state index in [1.807, 2.05) is 0 Å². The van der Waals surface area contributed by atoms with Crippen LogP contribution < -0.4 is 6.15 Å². The largest absolute Gasteiger partial charge is 0.384 e.